The molecule has 2 rings (SSSR count). The summed E-state index contributed by atoms with van der Waals surface area (Å²) < 4.78 is 5.50. The Balaban J connectivity index is 2.21. The van der Waals surface area contributed by atoms with Crippen molar-refractivity contribution in [1.29, 1.82) is 0 Å². The Labute approximate surface area is 111 Å². The van der Waals surface area contributed by atoms with E-state index in [-0.39, 0.29) is 11.3 Å². The van der Waals surface area contributed by atoms with E-state index < -0.39 is 0 Å². The van der Waals surface area contributed by atoms with Crippen molar-refractivity contribution < 1.29 is 9.21 Å². The molecule has 0 unspecified atom stereocenters. The summed E-state index contributed by atoms with van der Waals surface area (Å²) >= 11 is 6.00. The van der Waals surface area contributed by atoms with Crippen molar-refractivity contribution in [3.63, 3.8) is 0 Å². The van der Waals surface area contributed by atoms with Crippen LogP contribution < -0.4 is 5.73 Å². The van der Waals surface area contributed by atoms with Crippen molar-refractivity contribution in [1.82, 2.24) is 0 Å². The highest BCUT2D eigenvalue weighted by Crippen LogP contribution is 2.27. The van der Waals surface area contributed by atoms with Gasteiger partial charge in [-0.05, 0) is 32.4 Å². The molecule has 1 heterocycles. The fourth-order valence-corrected chi connectivity index (χ4v) is 1.94. The van der Waals surface area contributed by atoms with Crippen LogP contribution in [-0.2, 0) is 0 Å². The molecule has 96 valence electrons. The zero-order valence-electron chi connectivity index (χ0n) is 10.5. The standard InChI is InChI=1S/C14H16ClNO2/c1-14(2,16)7-6-11(17)12-8-9-4-3-5-10(15)13(9)18-12/h3-5,8H,6-7,16H2,1-2H3. The summed E-state index contributed by atoms with van der Waals surface area (Å²) in [5.41, 5.74) is 6.07. The van der Waals surface area contributed by atoms with Crippen LogP contribution in [-0.4, -0.2) is 11.3 Å². The molecule has 1 aromatic heterocycles. The maximum atomic E-state index is 12.0. The fraction of sp³-hybridized carbons (Fsp3) is 0.357. The zero-order valence-corrected chi connectivity index (χ0v) is 11.3. The number of furan rings is 1. The summed E-state index contributed by atoms with van der Waals surface area (Å²) in [6.45, 7) is 3.80. The van der Waals surface area contributed by atoms with Crippen molar-refractivity contribution in [2.24, 2.45) is 5.73 Å². The first-order valence-corrected chi connectivity index (χ1v) is 6.25. The molecule has 0 saturated heterocycles. The van der Waals surface area contributed by atoms with Crippen LogP contribution in [0.2, 0.25) is 5.02 Å². The van der Waals surface area contributed by atoms with Crippen LogP contribution in [0.15, 0.2) is 28.7 Å². The maximum Gasteiger partial charge on any atom is 0.198 e. The Hall–Kier alpha value is -1.32. The lowest BCUT2D eigenvalue weighted by Gasteiger charge is -2.16. The third kappa shape index (κ3) is 2.92. The lowest BCUT2D eigenvalue weighted by atomic mass is 9.98. The van der Waals surface area contributed by atoms with E-state index >= 15 is 0 Å². The lowest BCUT2D eigenvalue weighted by molar-refractivity contribution is 0.0948. The van der Waals surface area contributed by atoms with E-state index in [0.717, 1.165) is 5.39 Å². The number of ketones is 1. The topological polar surface area (TPSA) is 56.2 Å². The van der Waals surface area contributed by atoms with E-state index in [1.807, 2.05) is 26.0 Å². The van der Waals surface area contributed by atoms with E-state index in [0.29, 0.717) is 29.2 Å². The second-order valence-electron chi connectivity index (χ2n) is 5.18. The molecule has 18 heavy (non-hydrogen) atoms. The molecule has 0 fully saturated rings. The third-order valence-corrected chi connectivity index (χ3v) is 3.06. The SMILES string of the molecule is CC(C)(N)CCC(=O)c1cc2cccc(Cl)c2o1. The summed E-state index contributed by atoms with van der Waals surface area (Å²) in [4.78, 5) is 12.0. The Morgan fingerprint density at radius 2 is 2.17 bits per heavy atom. The molecule has 1 aromatic carbocycles. The average Bonchev–Trinajstić information content (AvgIpc) is 2.70. The first-order valence-electron chi connectivity index (χ1n) is 5.87. The molecule has 0 atom stereocenters. The maximum absolute atomic E-state index is 12.0. The number of para-hydroxylation sites is 1. The third-order valence-electron chi connectivity index (χ3n) is 2.77. The molecule has 0 radical (unpaired) electrons. The normalized spacial score (nSPS) is 12.0. The second-order valence-corrected chi connectivity index (χ2v) is 5.59. The Bertz CT molecular complexity index is 581. The summed E-state index contributed by atoms with van der Waals surface area (Å²) in [5.74, 6) is 0.308. The average molecular weight is 266 g/mol. The van der Waals surface area contributed by atoms with Crippen LogP contribution in [0.5, 0.6) is 0 Å². The first-order chi connectivity index (χ1) is 8.37. The first kappa shape index (κ1) is 13.1. The van der Waals surface area contributed by atoms with Crippen LogP contribution in [0.25, 0.3) is 11.0 Å². The van der Waals surface area contributed by atoms with E-state index in [2.05, 4.69) is 0 Å². The molecule has 4 heteroatoms. The quantitative estimate of drug-likeness (QED) is 0.856. The number of carbonyl (C=O) groups excluding carboxylic acids is 1. The fourth-order valence-electron chi connectivity index (χ4n) is 1.72. The Morgan fingerprint density at radius 1 is 1.44 bits per heavy atom. The molecule has 0 bridgehead atoms. The van der Waals surface area contributed by atoms with Gasteiger partial charge in [-0.3, -0.25) is 4.79 Å². The van der Waals surface area contributed by atoms with E-state index in [9.17, 15) is 4.79 Å². The van der Waals surface area contributed by atoms with Gasteiger partial charge in [0.2, 0.25) is 0 Å². The summed E-state index contributed by atoms with van der Waals surface area (Å²) in [5, 5.41) is 1.36. The molecular weight excluding hydrogens is 250 g/mol. The second kappa shape index (κ2) is 4.75. The van der Waals surface area contributed by atoms with Gasteiger partial charge in [0.05, 0.1) is 5.02 Å². The monoisotopic (exact) mass is 265 g/mol. The van der Waals surface area contributed by atoms with Gasteiger partial charge in [-0.15, -0.1) is 0 Å². The van der Waals surface area contributed by atoms with Gasteiger partial charge < -0.3 is 10.2 Å². The van der Waals surface area contributed by atoms with Crippen LogP contribution in [0.1, 0.15) is 37.2 Å². The number of benzene rings is 1. The van der Waals surface area contributed by atoms with Crippen molar-refractivity contribution in [2.45, 2.75) is 32.2 Å². The van der Waals surface area contributed by atoms with Crippen LogP contribution in [0.4, 0.5) is 0 Å². The Kier molecular flexibility index (Phi) is 3.46. The van der Waals surface area contributed by atoms with E-state index in [1.165, 1.54) is 0 Å². The van der Waals surface area contributed by atoms with Gasteiger partial charge >= 0.3 is 0 Å². The molecule has 0 saturated carbocycles. The molecule has 0 spiro atoms. The largest absolute Gasteiger partial charge is 0.451 e. The van der Waals surface area contributed by atoms with Gasteiger partial charge in [0, 0.05) is 17.3 Å². The van der Waals surface area contributed by atoms with E-state index in [4.69, 9.17) is 21.8 Å². The number of halogens is 1. The number of nitrogens with two attached hydrogens (primary N) is 1. The molecule has 0 amide bonds. The van der Waals surface area contributed by atoms with Crippen LogP contribution in [0, 0.1) is 0 Å². The molecule has 0 aliphatic heterocycles. The zero-order chi connectivity index (χ0) is 13.3. The summed E-state index contributed by atoms with van der Waals surface area (Å²) in [7, 11) is 0. The van der Waals surface area contributed by atoms with Gasteiger partial charge in [0.15, 0.2) is 17.1 Å². The minimum absolute atomic E-state index is 0.0409. The number of carbonyl (C=O) groups is 1. The highest BCUT2D eigenvalue weighted by Gasteiger charge is 2.17. The van der Waals surface area contributed by atoms with Crippen molar-refractivity contribution in [3.05, 3.63) is 35.0 Å². The predicted octanol–water partition coefficient (Wildman–Crippen LogP) is 3.79. The van der Waals surface area contributed by atoms with Crippen molar-refractivity contribution in [2.75, 3.05) is 0 Å². The molecule has 2 aromatic rings. The smallest absolute Gasteiger partial charge is 0.198 e. The Morgan fingerprint density at radius 3 is 2.78 bits per heavy atom. The van der Waals surface area contributed by atoms with Gasteiger partial charge in [-0.2, -0.15) is 0 Å². The van der Waals surface area contributed by atoms with E-state index in [1.54, 1.807) is 12.1 Å². The summed E-state index contributed by atoms with van der Waals surface area (Å²) in [6.07, 6.45) is 0.998. The van der Waals surface area contributed by atoms with Gasteiger partial charge in [-0.1, -0.05) is 23.7 Å². The number of hydrogen-bond acceptors (Lipinski definition) is 3. The van der Waals surface area contributed by atoms with Gasteiger partial charge in [-0.25, -0.2) is 0 Å². The molecule has 2 N–H and O–H groups in total. The van der Waals surface area contributed by atoms with Gasteiger partial charge in [0.1, 0.15) is 0 Å². The lowest BCUT2D eigenvalue weighted by Crippen LogP contribution is -2.32. The number of fused-ring (bicyclic) bond motifs is 1. The van der Waals surface area contributed by atoms with Gasteiger partial charge in [0.25, 0.3) is 0 Å². The molecule has 3 nitrogen and oxygen atoms in total. The highest BCUT2D eigenvalue weighted by atomic mass is 35.5. The highest BCUT2D eigenvalue weighted by molar-refractivity contribution is 6.34. The number of rotatable bonds is 4. The predicted molar refractivity (Wildman–Crippen MR) is 73.1 cm³/mol. The molecular formula is C14H16ClNO2. The number of hydrogen-bond donors (Lipinski definition) is 1. The summed E-state index contributed by atoms with van der Waals surface area (Å²) in [6, 6.07) is 7.17. The molecule has 0 aliphatic carbocycles. The number of Topliss-reactive ketones (excluding diaryl/α,β-unsaturated/α-hetero) is 1. The molecule has 0 aliphatic rings. The minimum Gasteiger partial charge on any atom is -0.451 e. The van der Waals surface area contributed by atoms with Crippen molar-refractivity contribution >= 4 is 28.4 Å². The van der Waals surface area contributed by atoms with Crippen LogP contribution >= 0.6 is 11.6 Å². The minimum atomic E-state index is -0.348. The van der Waals surface area contributed by atoms with Crippen LogP contribution in [0.3, 0.4) is 0 Å². The van der Waals surface area contributed by atoms with Crippen molar-refractivity contribution in [3.8, 4) is 0 Å².